The van der Waals surface area contributed by atoms with E-state index in [1.54, 1.807) is 12.1 Å². The molecule has 1 aromatic carbocycles. The third kappa shape index (κ3) is 2.79. The maximum Gasteiger partial charge on any atom is 0.251 e. The molecule has 2 rings (SSSR count). The van der Waals surface area contributed by atoms with E-state index in [0.29, 0.717) is 5.56 Å². The molecule has 1 aliphatic carbocycles. The zero-order valence-corrected chi connectivity index (χ0v) is 12.8. The number of carbonyl (C=O) groups excluding carboxylic acids is 1. The zero-order valence-electron chi connectivity index (χ0n) is 10.7. The van der Waals surface area contributed by atoms with Crippen molar-refractivity contribution < 1.29 is 9.90 Å². The molecule has 0 radical (unpaired) electrons. The molecule has 1 unspecified atom stereocenters. The third-order valence-corrected chi connectivity index (χ3v) is 4.68. The van der Waals surface area contributed by atoms with Crippen LogP contribution >= 0.6 is 22.6 Å². The number of rotatable bonds is 2. The van der Waals surface area contributed by atoms with Gasteiger partial charge in [0.2, 0.25) is 0 Å². The summed E-state index contributed by atoms with van der Waals surface area (Å²) in [6.07, 6.45) is 3.35. The Hall–Kier alpha value is -0.780. The van der Waals surface area contributed by atoms with E-state index in [9.17, 15) is 9.90 Å². The lowest BCUT2D eigenvalue weighted by molar-refractivity contribution is 0.0909. The van der Waals surface area contributed by atoms with Gasteiger partial charge in [0.1, 0.15) is 5.75 Å². The minimum absolute atomic E-state index is 0.0957. The molecule has 1 fully saturated rings. The first-order chi connectivity index (χ1) is 8.40. The number of hydrogen-bond donors (Lipinski definition) is 2. The van der Waals surface area contributed by atoms with Crippen molar-refractivity contribution in [2.24, 2.45) is 5.41 Å². The van der Waals surface area contributed by atoms with Gasteiger partial charge in [-0.1, -0.05) is 20.3 Å². The Bertz CT molecular complexity index is 471. The number of nitrogens with one attached hydrogen (secondary N) is 1. The van der Waals surface area contributed by atoms with Gasteiger partial charge in [0, 0.05) is 11.6 Å². The number of phenols is 1. The molecule has 3 nitrogen and oxygen atoms in total. The van der Waals surface area contributed by atoms with E-state index >= 15 is 0 Å². The maximum absolute atomic E-state index is 12.1. The number of amides is 1. The van der Waals surface area contributed by atoms with E-state index in [0.717, 1.165) is 22.8 Å². The van der Waals surface area contributed by atoms with E-state index in [-0.39, 0.29) is 23.1 Å². The number of carbonyl (C=O) groups is 1. The van der Waals surface area contributed by atoms with Crippen molar-refractivity contribution in [3.63, 3.8) is 0 Å². The van der Waals surface area contributed by atoms with Gasteiger partial charge in [-0.25, -0.2) is 0 Å². The lowest BCUT2D eigenvalue weighted by atomic mass is 9.87. The quantitative estimate of drug-likeness (QED) is 0.796. The number of aromatic hydroxyl groups is 1. The van der Waals surface area contributed by atoms with Crippen LogP contribution in [0.5, 0.6) is 5.75 Å². The highest BCUT2D eigenvalue weighted by atomic mass is 127. The largest absolute Gasteiger partial charge is 0.507 e. The Kier molecular flexibility index (Phi) is 3.84. The second kappa shape index (κ2) is 5.07. The van der Waals surface area contributed by atoms with Crippen LogP contribution in [0.1, 0.15) is 43.5 Å². The van der Waals surface area contributed by atoms with Crippen LogP contribution in [0.4, 0.5) is 0 Å². The van der Waals surface area contributed by atoms with Gasteiger partial charge in [0.25, 0.3) is 5.91 Å². The van der Waals surface area contributed by atoms with Gasteiger partial charge in [-0.2, -0.15) is 0 Å². The summed E-state index contributed by atoms with van der Waals surface area (Å²) in [6, 6.07) is 5.26. The molecule has 98 valence electrons. The Morgan fingerprint density at radius 1 is 1.50 bits per heavy atom. The highest BCUT2D eigenvalue weighted by Gasteiger charge is 2.35. The van der Waals surface area contributed by atoms with Crippen LogP contribution in [0.15, 0.2) is 18.2 Å². The molecule has 0 saturated heterocycles. The lowest BCUT2D eigenvalue weighted by Crippen LogP contribution is -2.41. The van der Waals surface area contributed by atoms with E-state index in [2.05, 4.69) is 19.2 Å². The molecule has 1 saturated carbocycles. The maximum atomic E-state index is 12.1. The Balaban J connectivity index is 2.10. The first kappa shape index (κ1) is 13.6. The van der Waals surface area contributed by atoms with Crippen molar-refractivity contribution in [3.05, 3.63) is 27.3 Å². The average Bonchev–Trinajstić information content (AvgIpc) is 2.62. The van der Waals surface area contributed by atoms with Gasteiger partial charge in [0.05, 0.1) is 3.57 Å². The predicted octanol–water partition coefficient (Wildman–Crippen LogP) is 3.31. The monoisotopic (exact) mass is 359 g/mol. The highest BCUT2D eigenvalue weighted by molar-refractivity contribution is 14.1. The highest BCUT2D eigenvalue weighted by Crippen LogP contribution is 2.37. The number of hydrogen-bond acceptors (Lipinski definition) is 2. The van der Waals surface area contributed by atoms with Crippen LogP contribution in [0, 0.1) is 8.99 Å². The van der Waals surface area contributed by atoms with E-state index in [1.807, 2.05) is 22.6 Å². The fraction of sp³-hybridized carbons (Fsp3) is 0.500. The van der Waals surface area contributed by atoms with Crippen LogP contribution in [0.25, 0.3) is 0 Å². The van der Waals surface area contributed by atoms with E-state index < -0.39 is 0 Å². The molecular formula is C14H18INO2. The zero-order chi connectivity index (χ0) is 13.3. The smallest absolute Gasteiger partial charge is 0.251 e. The molecule has 0 heterocycles. The molecule has 1 aliphatic rings. The van der Waals surface area contributed by atoms with Crippen LogP contribution < -0.4 is 5.32 Å². The Morgan fingerprint density at radius 3 is 2.78 bits per heavy atom. The molecule has 0 aliphatic heterocycles. The number of halogens is 1. The summed E-state index contributed by atoms with van der Waals surface area (Å²) in [5.74, 6) is 0.0654. The Labute approximate surface area is 121 Å². The van der Waals surface area contributed by atoms with E-state index in [1.165, 1.54) is 6.07 Å². The summed E-state index contributed by atoms with van der Waals surface area (Å²) in [7, 11) is 0. The topological polar surface area (TPSA) is 49.3 Å². The summed E-state index contributed by atoms with van der Waals surface area (Å²) in [6.45, 7) is 4.38. The molecule has 1 aromatic rings. The van der Waals surface area contributed by atoms with Crippen molar-refractivity contribution in [3.8, 4) is 5.75 Å². The molecule has 18 heavy (non-hydrogen) atoms. The minimum atomic E-state index is -0.0957. The fourth-order valence-corrected chi connectivity index (χ4v) is 2.83. The molecule has 0 bridgehead atoms. The Morgan fingerprint density at radius 2 is 2.22 bits per heavy atom. The predicted molar refractivity (Wildman–Crippen MR) is 79.7 cm³/mol. The van der Waals surface area contributed by atoms with Crippen LogP contribution in [-0.2, 0) is 0 Å². The SMILES string of the molecule is CC1(C)CCCC1NC(=O)c1ccc(I)c(O)c1. The summed E-state index contributed by atoms with van der Waals surface area (Å²) in [5, 5.41) is 12.7. The van der Waals surface area contributed by atoms with Crippen molar-refractivity contribution in [1.29, 1.82) is 0 Å². The van der Waals surface area contributed by atoms with Crippen molar-refractivity contribution in [1.82, 2.24) is 5.32 Å². The van der Waals surface area contributed by atoms with E-state index in [4.69, 9.17) is 0 Å². The minimum Gasteiger partial charge on any atom is -0.507 e. The van der Waals surface area contributed by atoms with Crippen LogP contribution in [0.3, 0.4) is 0 Å². The molecule has 1 amide bonds. The second-order valence-electron chi connectivity index (χ2n) is 5.57. The first-order valence-corrected chi connectivity index (χ1v) is 7.27. The van der Waals surface area contributed by atoms with Gasteiger partial charge in [-0.3, -0.25) is 4.79 Å². The van der Waals surface area contributed by atoms with Gasteiger partial charge >= 0.3 is 0 Å². The molecule has 4 heteroatoms. The fourth-order valence-electron chi connectivity index (χ4n) is 2.49. The molecule has 0 spiro atoms. The summed E-state index contributed by atoms with van der Waals surface area (Å²) >= 11 is 2.04. The first-order valence-electron chi connectivity index (χ1n) is 6.19. The lowest BCUT2D eigenvalue weighted by Gasteiger charge is -2.27. The summed E-state index contributed by atoms with van der Waals surface area (Å²) in [5.41, 5.74) is 0.691. The van der Waals surface area contributed by atoms with Gasteiger partial charge < -0.3 is 10.4 Å². The number of benzene rings is 1. The molecular weight excluding hydrogens is 341 g/mol. The van der Waals surface area contributed by atoms with Crippen molar-refractivity contribution >= 4 is 28.5 Å². The van der Waals surface area contributed by atoms with Crippen molar-refractivity contribution in [2.75, 3.05) is 0 Å². The van der Waals surface area contributed by atoms with Crippen LogP contribution in [0.2, 0.25) is 0 Å². The van der Waals surface area contributed by atoms with Gasteiger partial charge in [0.15, 0.2) is 0 Å². The van der Waals surface area contributed by atoms with Gasteiger partial charge in [-0.15, -0.1) is 0 Å². The third-order valence-electron chi connectivity index (χ3n) is 3.77. The summed E-state index contributed by atoms with van der Waals surface area (Å²) in [4.78, 5) is 12.1. The van der Waals surface area contributed by atoms with Crippen LogP contribution in [-0.4, -0.2) is 17.1 Å². The average molecular weight is 359 g/mol. The molecule has 0 aromatic heterocycles. The number of phenolic OH excluding ortho intramolecular Hbond substituents is 1. The van der Waals surface area contributed by atoms with Crippen molar-refractivity contribution in [2.45, 2.75) is 39.2 Å². The second-order valence-corrected chi connectivity index (χ2v) is 6.74. The normalized spacial score (nSPS) is 21.8. The molecule has 1 atom stereocenters. The molecule has 2 N–H and O–H groups in total. The summed E-state index contributed by atoms with van der Waals surface area (Å²) < 4.78 is 0.755. The standard InChI is InChI=1S/C14H18INO2/c1-14(2)7-3-4-12(14)16-13(18)9-5-6-10(15)11(17)8-9/h5-6,8,12,17H,3-4,7H2,1-2H3,(H,16,18). The van der Waals surface area contributed by atoms with Gasteiger partial charge in [-0.05, 0) is 59.0 Å².